The summed E-state index contributed by atoms with van der Waals surface area (Å²) in [6.45, 7) is 0. The van der Waals surface area contributed by atoms with Gasteiger partial charge in [0.2, 0.25) is 0 Å². The van der Waals surface area contributed by atoms with E-state index in [0.717, 1.165) is 5.56 Å². The molecule has 0 spiro atoms. The Kier molecular flexibility index (Phi) is 2.28. The largest absolute Gasteiger partial charge is 0.358 e. The van der Waals surface area contributed by atoms with Crippen molar-refractivity contribution in [1.29, 1.82) is 0 Å². The molecule has 1 aliphatic carbocycles. The predicted molar refractivity (Wildman–Crippen MR) is 51.9 cm³/mol. The zero-order valence-electron chi connectivity index (χ0n) is 6.46. The Morgan fingerprint density at radius 2 is 2.50 bits per heavy atom. The fraction of sp³-hybridized carbons (Fsp3) is 0.200. The first kappa shape index (κ1) is 8.02. The van der Waals surface area contributed by atoms with E-state index >= 15 is 0 Å². The molecular formula is C10H8BrO. The van der Waals surface area contributed by atoms with Crippen LogP contribution in [0.4, 0.5) is 0 Å². The molecule has 0 N–H and O–H groups in total. The van der Waals surface area contributed by atoms with Crippen LogP contribution >= 0.6 is 15.9 Å². The van der Waals surface area contributed by atoms with E-state index in [4.69, 9.17) is 4.74 Å². The Labute approximate surface area is 80.2 Å². The smallest absolute Gasteiger partial charge is 0.103 e. The maximum absolute atomic E-state index is 5.43. The molecule has 1 nitrogen and oxygen atoms in total. The lowest BCUT2D eigenvalue weighted by Gasteiger charge is -2.08. The van der Waals surface area contributed by atoms with Gasteiger partial charge in [-0.1, -0.05) is 46.3 Å². The zero-order valence-corrected chi connectivity index (χ0v) is 8.04. The van der Waals surface area contributed by atoms with Gasteiger partial charge < -0.3 is 4.74 Å². The third-order valence-electron chi connectivity index (χ3n) is 1.90. The quantitative estimate of drug-likeness (QED) is 0.701. The van der Waals surface area contributed by atoms with Gasteiger partial charge in [-0.15, -0.1) is 0 Å². The van der Waals surface area contributed by atoms with Gasteiger partial charge in [0.1, 0.15) is 11.6 Å². The second-order valence-electron chi connectivity index (χ2n) is 2.59. The first-order valence-corrected chi connectivity index (χ1v) is 4.90. The third-order valence-corrected chi connectivity index (χ3v) is 2.16. The van der Waals surface area contributed by atoms with E-state index in [0.29, 0.717) is 5.52 Å². The number of benzene rings is 1. The molecule has 1 unspecified atom stereocenters. The molecule has 2 heteroatoms. The monoisotopic (exact) mass is 223 g/mol. The molecule has 1 aromatic carbocycles. The van der Waals surface area contributed by atoms with Crippen molar-refractivity contribution in [3.8, 4) is 0 Å². The molecular weight excluding hydrogens is 216 g/mol. The summed E-state index contributed by atoms with van der Waals surface area (Å²) in [5.74, 6) is 0. The average Bonchev–Trinajstić information content (AvgIpc) is 2.50. The van der Waals surface area contributed by atoms with Crippen LogP contribution in [0.3, 0.4) is 0 Å². The van der Waals surface area contributed by atoms with Gasteiger partial charge in [0.25, 0.3) is 0 Å². The minimum Gasteiger partial charge on any atom is -0.358 e. The predicted octanol–water partition coefficient (Wildman–Crippen LogP) is 2.92. The van der Waals surface area contributed by atoms with Crippen molar-refractivity contribution < 1.29 is 4.74 Å². The van der Waals surface area contributed by atoms with Gasteiger partial charge in [-0.25, -0.2) is 0 Å². The van der Waals surface area contributed by atoms with Crippen LogP contribution in [0.2, 0.25) is 0 Å². The van der Waals surface area contributed by atoms with Gasteiger partial charge >= 0.3 is 0 Å². The minimum absolute atomic E-state index is 0.0839. The summed E-state index contributed by atoms with van der Waals surface area (Å²) < 4.78 is 5.43. The normalized spacial score (nSPS) is 19.6. The minimum atomic E-state index is 0.0839. The number of ether oxygens (including phenoxy) is 1. The summed E-state index contributed by atoms with van der Waals surface area (Å²) in [5, 5.41) is 0. The van der Waals surface area contributed by atoms with E-state index < -0.39 is 0 Å². The summed E-state index contributed by atoms with van der Waals surface area (Å²) in [6.07, 6.45) is 4.20. The molecule has 0 saturated heterocycles. The molecule has 1 aromatic rings. The maximum Gasteiger partial charge on any atom is 0.103 e. The number of hydrogen-bond donors (Lipinski definition) is 0. The molecule has 2 rings (SSSR count). The van der Waals surface area contributed by atoms with E-state index in [-0.39, 0.29) is 6.10 Å². The Morgan fingerprint density at radius 1 is 1.58 bits per heavy atom. The van der Waals surface area contributed by atoms with Gasteiger partial charge in [-0.2, -0.15) is 0 Å². The van der Waals surface area contributed by atoms with Crippen LogP contribution in [0.25, 0.3) is 6.08 Å². The SMILES string of the molecule is BrCOC1C=Cc2ccc[c]c21. The van der Waals surface area contributed by atoms with Crippen molar-refractivity contribution in [1.82, 2.24) is 0 Å². The van der Waals surface area contributed by atoms with Crippen molar-refractivity contribution in [2.45, 2.75) is 6.10 Å². The van der Waals surface area contributed by atoms with Crippen LogP contribution < -0.4 is 0 Å². The molecule has 1 atom stereocenters. The summed E-state index contributed by atoms with van der Waals surface area (Å²) in [6, 6.07) is 9.14. The highest BCUT2D eigenvalue weighted by molar-refractivity contribution is 9.09. The maximum atomic E-state index is 5.43. The number of fused-ring (bicyclic) bond motifs is 1. The topological polar surface area (TPSA) is 9.23 Å². The lowest BCUT2D eigenvalue weighted by Crippen LogP contribution is -1.97. The lowest BCUT2D eigenvalue weighted by atomic mass is 10.1. The van der Waals surface area contributed by atoms with Crippen LogP contribution in [0.15, 0.2) is 24.3 Å². The fourth-order valence-corrected chi connectivity index (χ4v) is 1.63. The van der Waals surface area contributed by atoms with Crippen molar-refractivity contribution in [2.75, 3.05) is 5.52 Å². The molecule has 0 heterocycles. The van der Waals surface area contributed by atoms with Crippen molar-refractivity contribution in [3.63, 3.8) is 0 Å². The molecule has 0 fully saturated rings. The van der Waals surface area contributed by atoms with E-state index in [9.17, 15) is 0 Å². The fourth-order valence-electron chi connectivity index (χ4n) is 1.35. The van der Waals surface area contributed by atoms with Crippen LogP contribution in [-0.2, 0) is 4.74 Å². The molecule has 0 saturated carbocycles. The van der Waals surface area contributed by atoms with E-state index in [2.05, 4.69) is 34.1 Å². The third kappa shape index (κ3) is 1.32. The summed E-state index contributed by atoms with van der Waals surface area (Å²) >= 11 is 3.24. The van der Waals surface area contributed by atoms with Crippen LogP contribution in [0.5, 0.6) is 0 Å². The Morgan fingerprint density at radius 3 is 3.33 bits per heavy atom. The van der Waals surface area contributed by atoms with E-state index in [1.165, 1.54) is 5.56 Å². The average molecular weight is 224 g/mol. The van der Waals surface area contributed by atoms with E-state index in [1.54, 1.807) is 0 Å². The van der Waals surface area contributed by atoms with Gasteiger partial charge in [0, 0.05) is 0 Å². The number of alkyl halides is 1. The first-order valence-electron chi connectivity index (χ1n) is 3.78. The Hall–Kier alpha value is -0.600. The highest BCUT2D eigenvalue weighted by atomic mass is 79.9. The van der Waals surface area contributed by atoms with Crippen molar-refractivity contribution >= 4 is 22.0 Å². The second kappa shape index (κ2) is 3.42. The van der Waals surface area contributed by atoms with Crippen LogP contribution in [0.1, 0.15) is 17.2 Å². The van der Waals surface area contributed by atoms with Crippen LogP contribution in [0, 0.1) is 6.07 Å². The second-order valence-corrected chi connectivity index (χ2v) is 3.05. The molecule has 0 aromatic heterocycles. The first-order chi connectivity index (χ1) is 5.92. The number of hydrogen-bond acceptors (Lipinski definition) is 1. The lowest BCUT2D eigenvalue weighted by molar-refractivity contribution is 0.134. The zero-order chi connectivity index (χ0) is 8.39. The van der Waals surface area contributed by atoms with Gasteiger partial charge in [0.15, 0.2) is 0 Å². The van der Waals surface area contributed by atoms with E-state index in [1.807, 2.05) is 18.2 Å². The molecule has 0 aliphatic heterocycles. The van der Waals surface area contributed by atoms with Crippen LogP contribution in [-0.4, -0.2) is 5.52 Å². The molecule has 0 bridgehead atoms. The Bertz CT molecular complexity index is 306. The van der Waals surface area contributed by atoms with Gasteiger partial charge in [-0.3, -0.25) is 0 Å². The standard InChI is InChI=1S/C10H8BrO/c11-7-12-10-6-5-8-3-1-2-4-9(8)10/h1-3,5-6,10H,7H2. The summed E-state index contributed by atoms with van der Waals surface area (Å²) in [4.78, 5) is 0. The number of halogens is 1. The summed E-state index contributed by atoms with van der Waals surface area (Å²) in [7, 11) is 0. The molecule has 0 amide bonds. The molecule has 1 aliphatic rings. The molecule has 12 heavy (non-hydrogen) atoms. The Balaban J connectivity index is 2.30. The van der Waals surface area contributed by atoms with Gasteiger partial charge in [0.05, 0.1) is 0 Å². The summed E-state index contributed by atoms with van der Waals surface area (Å²) in [5.41, 5.74) is 2.91. The van der Waals surface area contributed by atoms with Gasteiger partial charge in [-0.05, 0) is 17.2 Å². The molecule has 61 valence electrons. The van der Waals surface area contributed by atoms with Crippen molar-refractivity contribution in [2.24, 2.45) is 0 Å². The number of rotatable bonds is 2. The molecule has 1 radical (unpaired) electrons. The van der Waals surface area contributed by atoms with Crippen molar-refractivity contribution in [3.05, 3.63) is 41.5 Å². The highest BCUT2D eigenvalue weighted by Gasteiger charge is 2.16. The highest BCUT2D eigenvalue weighted by Crippen LogP contribution is 2.30.